The molecule has 0 saturated carbocycles. The highest BCUT2D eigenvalue weighted by atomic mass is 16.5. The van der Waals surface area contributed by atoms with E-state index >= 15 is 0 Å². The fourth-order valence-electron chi connectivity index (χ4n) is 5.89. The lowest BCUT2D eigenvalue weighted by atomic mass is 10.1. The summed E-state index contributed by atoms with van der Waals surface area (Å²) >= 11 is 0. The van der Waals surface area contributed by atoms with Gasteiger partial charge in [0.25, 0.3) is 0 Å². The van der Waals surface area contributed by atoms with Crippen LogP contribution < -0.4 is 9.47 Å². The molecule has 0 aromatic heterocycles. The average molecular weight is 639 g/mol. The van der Waals surface area contributed by atoms with Crippen molar-refractivity contribution in [1.82, 2.24) is 0 Å². The Balaban J connectivity index is 2.03. The fourth-order valence-corrected chi connectivity index (χ4v) is 5.89. The van der Waals surface area contributed by atoms with E-state index in [1.165, 1.54) is 167 Å². The second kappa shape index (κ2) is 34.3. The first-order valence-corrected chi connectivity index (χ1v) is 20.0. The highest BCUT2D eigenvalue weighted by Gasteiger charge is 2.07. The van der Waals surface area contributed by atoms with Crippen molar-refractivity contribution in [2.45, 2.75) is 194 Å². The summed E-state index contributed by atoms with van der Waals surface area (Å²) in [5.41, 5.74) is 0.639. The van der Waals surface area contributed by atoms with E-state index in [9.17, 15) is 4.79 Å². The van der Waals surface area contributed by atoms with Gasteiger partial charge in [0, 0.05) is 5.56 Å². The van der Waals surface area contributed by atoms with Crippen LogP contribution in [0.4, 0.5) is 0 Å². The van der Waals surface area contributed by atoms with Gasteiger partial charge in [-0.2, -0.15) is 0 Å². The molecule has 0 amide bonds. The molecule has 0 heterocycles. The van der Waals surface area contributed by atoms with Crippen LogP contribution >= 0.6 is 0 Å². The van der Waals surface area contributed by atoms with Gasteiger partial charge in [-0.1, -0.05) is 154 Å². The molecule has 0 atom stereocenters. The van der Waals surface area contributed by atoms with Crippen molar-refractivity contribution in [2.75, 3.05) is 13.2 Å². The van der Waals surface area contributed by atoms with Crippen LogP contribution in [-0.4, -0.2) is 19.5 Å². The number of aldehydes is 1. The Morgan fingerprint density at radius 3 is 1.17 bits per heavy atom. The van der Waals surface area contributed by atoms with Gasteiger partial charge in [-0.25, -0.2) is 0 Å². The lowest BCUT2D eigenvalue weighted by Crippen LogP contribution is -2.03. The van der Waals surface area contributed by atoms with Crippen LogP contribution in [0.1, 0.15) is 204 Å². The summed E-state index contributed by atoms with van der Waals surface area (Å²) in [4.78, 5) is 11.3. The van der Waals surface area contributed by atoms with E-state index in [1.807, 2.05) is 18.2 Å². The molecular formula is C43H74O3. The lowest BCUT2D eigenvalue weighted by Gasteiger charge is -2.13. The quantitative estimate of drug-likeness (QED) is 0.0421. The van der Waals surface area contributed by atoms with Crippen molar-refractivity contribution in [3.63, 3.8) is 0 Å². The molecule has 3 heteroatoms. The highest BCUT2D eigenvalue weighted by molar-refractivity contribution is 5.76. The monoisotopic (exact) mass is 639 g/mol. The van der Waals surface area contributed by atoms with Gasteiger partial charge in [0.1, 0.15) is 6.29 Å². The van der Waals surface area contributed by atoms with Gasteiger partial charge < -0.3 is 9.47 Å². The standard InChI is InChI=1S/C43H74O3/c1-3-5-7-9-11-13-15-17-19-21-23-25-27-29-31-33-37-45-42-36-35-41(40-44)39-43(42)46-38-34-32-30-28-26-24-22-20-18-16-14-12-10-8-6-4-2/h17-20,35-36,39-40H,3-16,21-34,37-38H2,1-2H3/b19-17-,20-18-. The molecule has 0 radical (unpaired) electrons. The summed E-state index contributed by atoms with van der Waals surface area (Å²) in [6, 6.07) is 5.53. The highest BCUT2D eigenvalue weighted by Crippen LogP contribution is 2.29. The van der Waals surface area contributed by atoms with E-state index in [1.54, 1.807) is 0 Å². The third-order valence-corrected chi connectivity index (χ3v) is 8.93. The van der Waals surface area contributed by atoms with Crippen LogP contribution in [0.15, 0.2) is 42.5 Å². The summed E-state index contributed by atoms with van der Waals surface area (Å²) in [6.45, 7) is 5.93. The molecule has 1 aromatic carbocycles. The smallest absolute Gasteiger partial charge is 0.161 e. The molecule has 0 unspecified atom stereocenters. The lowest BCUT2D eigenvalue weighted by molar-refractivity contribution is 0.112. The molecule has 0 saturated heterocycles. The van der Waals surface area contributed by atoms with E-state index in [-0.39, 0.29) is 0 Å². The molecule has 0 spiro atoms. The number of unbranched alkanes of at least 4 members (excludes halogenated alkanes) is 24. The van der Waals surface area contributed by atoms with Crippen molar-refractivity contribution >= 4 is 6.29 Å². The minimum absolute atomic E-state index is 0.639. The van der Waals surface area contributed by atoms with E-state index in [2.05, 4.69) is 38.2 Å². The number of rotatable bonds is 35. The maximum atomic E-state index is 11.3. The summed E-state index contributed by atoms with van der Waals surface area (Å²) < 4.78 is 12.2. The minimum Gasteiger partial charge on any atom is -0.490 e. The normalized spacial score (nSPS) is 11.6. The van der Waals surface area contributed by atoms with Gasteiger partial charge in [-0.05, 0) is 82.4 Å². The first kappa shape index (κ1) is 42.0. The number of allylic oxidation sites excluding steroid dienone is 4. The van der Waals surface area contributed by atoms with E-state index < -0.39 is 0 Å². The van der Waals surface area contributed by atoms with E-state index in [0.29, 0.717) is 24.5 Å². The topological polar surface area (TPSA) is 35.5 Å². The Hall–Kier alpha value is -2.03. The predicted molar refractivity (Wildman–Crippen MR) is 202 cm³/mol. The molecular weight excluding hydrogens is 564 g/mol. The molecule has 3 nitrogen and oxygen atoms in total. The van der Waals surface area contributed by atoms with Crippen molar-refractivity contribution in [2.24, 2.45) is 0 Å². The third kappa shape index (κ3) is 27.1. The zero-order valence-corrected chi connectivity index (χ0v) is 30.6. The largest absolute Gasteiger partial charge is 0.490 e. The first-order valence-electron chi connectivity index (χ1n) is 20.0. The number of ether oxygens (including phenoxy) is 2. The van der Waals surface area contributed by atoms with E-state index in [0.717, 1.165) is 24.9 Å². The van der Waals surface area contributed by atoms with Crippen molar-refractivity contribution in [1.29, 1.82) is 0 Å². The molecule has 0 fully saturated rings. The van der Waals surface area contributed by atoms with Crippen LogP contribution in [0.3, 0.4) is 0 Å². The Bertz CT molecular complexity index is 842. The fraction of sp³-hybridized carbons (Fsp3) is 0.744. The van der Waals surface area contributed by atoms with Crippen LogP contribution in [0.25, 0.3) is 0 Å². The van der Waals surface area contributed by atoms with Crippen LogP contribution in [-0.2, 0) is 0 Å². The van der Waals surface area contributed by atoms with Gasteiger partial charge in [0.15, 0.2) is 11.5 Å². The summed E-state index contributed by atoms with van der Waals surface area (Å²) in [5.74, 6) is 1.48. The van der Waals surface area contributed by atoms with Gasteiger partial charge in [-0.15, -0.1) is 0 Å². The van der Waals surface area contributed by atoms with Gasteiger partial charge >= 0.3 is 0 Å². The molecule has 264 valence electrons. The average Bonchev–Trinajstić information content (AvgIpc) is 3.07. The Kier molecular flexibility index (Phi) is 31.3. The molecule has 1 aromatic rings. The number of hydrogen-bond acceptors (Lipinski definition) is 3. The number of hydrogen-bond donors (Lipinski definition) is 0. The summed E-state index contributed by atoms with van der Waals surface area (Å²) in [6.07, 6.45) is 46.9. The van der Waals surface area contributed by atoms with Gasteiger partial charge in [-0.3, -0.25) is 4.79 Å². The number of carbonyl (C=O) groups excluding carboxylic acids is 1. The third-order valence-electron chi connectivity index (χ3n) is 8.93. The molecule has 0 bridgehead atoms. The second-order valence-corrected chi connectivity index (χ2v) is 13.4. The molecule has 0 aliphatic carbocycles. The zero-order valence-electron chi connectivity index (χ0n) is 30.6. The molecule has 46 heavy (non-hydrogen) atoms. The summed E-state index contributed by atoms with van der Waals surface area (Å²) in [7, 11) is 0. The Morgan fingerprint density at radius 2 is 0.783 bits per heavy atom. The van der Waals surface area contributed by atoms with Crippen molar-refractivity contribution < 1.29 is 14.3 Å². The van der Waals surface area contributed by atoms with Crippen LogP contribution in [0, 0.1) is 0 Å². The van der Waals surface area contributed by atoms with Gasteiger partial charge in [0.05, 0.1) is 13.2 Å². The van der Waals surface area contributed by atoms with Crippen molar-refractivity contribution in [3.05, 3.63) is 48.1 Å². The number of carbonyl (C=O) groups is 1. The predicted octanol–water partition coefficient (Wildman–Crippen LogP) is 14.3. The maximum absolute atomic E-state index is 11.3. The van der Waals surface area contributed by atoms with E-state index in [4.69, 9.17) is 9.47 Å². The molecule has 0 N–H and O–H groups in total. The summed E-state index contributed by atoms with van der Waals surface area (Å²) in [5, 5.41) is 0. The Labute approximate surface area is 286 Å². The van der Waals surface area contributed by atoms with Crippen LogP contribution in [0.2, 0.25) is 0 Å². The maximum Gasteiger partial charge on any atom is 0.161 e. The molecule has 0 aliphatic heterocycles. The zero-order chi connectivity index (χ0) is 33.0. The van der Waals surface area contributed by atoms with Crippen molar-refractivity contribution in [3.8, 4) is 11.5 Å². The number of benzene rings is 1. The molecule has 1 rings (SSSR count). The SMILES string of the molecule is CCCCCCCC/C=C\CCCCCCCCOc1ccc(C=O)cc1OCCCCCCCC/C=C\CCCCCCCC. The minimum atomic E-state index is 0.639. The van der Waals surface area contributed by atoms with Crippen LogP contribution in [0.5, 0.6) is 11.5 Å². The first-order chi connectivity index (χ1) is 22.8. The second-order valence-electron chi connectivity index (χ2n) is 13.4. The molecule has 0 aliphatic rings. The Morgan fingerprint density at radius 1 is 0.435 bits per heavy atom. The van der Waals surface area contributed by atoms with Gasteiger partial charge in [0.2, 0.25) is 0 Å².